The van der Waals surface area contributed by atoms with Crippen LogP contribution in [-0.2, 0) is 12.8 Å². The number of aromatic nitrogens is 4. The molecule has 0 amide bonds. The van der Waals surface area contributed by atoms with E-state index in [2.05, 4.69) is 102 Å². The highest BCUT2D eigenvalue weighted by atomic mass is 16.5. The summed E-state index contributed by atoms with van der Waals surface area (Å²) in [5.41, 5.74) is 22.1. The lowest BCUT2D eigenvalue weighted by molar-refractivity contribution is 0.397. The number of ether oxygens (including phenoxy) is 4. The Kier molecular flexibility index (Phi) is 19.3. The maximum absolute atomic E-state index is 6.29. The van der Waals surface area contributed by atoms with Crippen LogP contribution in [0.2, 0.25) is 0 Å². The molecule has 72 heavy (non-hydrogen) atoms. The molecule has 2 aliphatic rings. The molecule has 0 fully saturated rings. The van der Waals surface area contributed by atoms with Gasteiger partial charge >= 0.3 is 0 Å². The summed E-state index contributed by atoms with van der Waals surface area (Å²) in [5, 5.41) is 0. The molecule has 2 N–H and O–H groups in total. The van der Waals surface area contributed by atoms with Crippen LogP contribution in [-0.4, -0.2) is 48.4 Å². The summed E-state index contributed by atoms with van der Waals surface area (Å²) in [6.45, 7) is 18.3. The largest absolute Gasteiger partial charge is 0.496 e. The predicted octanol–water partition coefficient (Wildman–Crippen LogP) is 18.3. The van der Waals surface area contributed by atoms with E-state index in [9.17, 15) is 0 Å². The monoisotopic (exact) mass is 975 g/mol. The highest BCUT2D eigenvalue weighted by molar-refractivity contribution is 6.05. The molecule has 3 aromatic heterocycles. The molecule has 8 heteroatoms. The standard InChI is InChI=1S/C64H86N4O4/c1-13-17-21-25-31-45-41(5)61-59(57-53(69-9)35-29-36-54(57)70-10)62-43(7)47(33-27-23-19-15-3)51(67-62)40-52-48(34-28-24-20-16-4)44(8)64(68-52)60(58-55(71-11)37-30-38-56(58)72-12)63-42(6)46(32-26-22-18-14-2)50(66-63)39-49(45)65-61/h29-30,35-40,65,68H,13-28,31-34H2,1-12H3. The minimum Gasteiger partial charge on any atom is -0.496 e. The van der Waals surface area contributed by atoms with Crippen molar-refractivity contribution in [2.45, 2.75) is 184 Å². The van der Waals surface area contributed by atoms with Crippen molar-refractivity contribution in [3.63, 3.8) is 0 Å². The summed E-state index contributed by atoms with van der Waals surface area (Å²) >= 11 is 0. The van der Waals surface area contributed by atoms with Crippen molar-refractivity contribution in [1.29, 1.82) is 0 Å². The van der Waals surface area contributed by atoms with Gasteiger partial charge in [0.1, 0.15) is 23.0 Å². The van der Waals surface area contributed by atoms with Crippen LogP contribution >= 0.6 is 0 Å². The fourth-order valence-corrected chi connectivity index (χ4v) is 11.4. The Morgan fingerprint density at radius 2 is 0.722 bits per heavy atom. The van der Waals surface area contributed by atoms with Crippen LogP contribution in [0.15, 0.2) is 48.5 Å². The molecule has 2 aliphatic heterocycles. The third-order valence-corrected chi connectivity index (χ3v) is 15.5. The molecule has 0 unspecified atom stereocenters. The maximum Gasteiger partial charge on any atom is 0.130 e. The second-order valence-corrected chi connectivity index (χ2v) is 20.3. The maximum atomic E-state index is 6.29. The van der Waals surface area contributed by atoms with Crippen molar-refractivity contribution < 1.29 is 18.9 Å². The fraction of sp³-hybridized carbons (Fsp3) is 0.500. The van der Waals surface area contributed by atoms with Gasteiger partial charge in [-0.15, -0.1) is 0 Å². The van der Waals surface area contributed by atoms with E-state index in [0.29, 0.717) is 0 Å². The number of H-pyrrole nitrogens is 2. The molecule has 8 nitrogen and oxygen atoms in total. The Hall–Kier alpha value is -5.76. The third kappa shape index (κ3) is 11.4. The molecule has 0 saturated carbocycles. The van der Waals surface area contributed by atoms with Crippen LogP contribution in [0.1, 0.15) is 202 Å². The van der Waals surface area contributed by atoms with Crippen LogP contribution in [0.3, 0.4) is 0 Å². The number of aryl methyl sites for hydroxylation is 4. The second kappa shape index (κ2) is 25.8. The average molecular weight is 975 g/mol. The number of fused-ring (bicyclic) bond motifs is 8. The predicted molar refractivity (Wildman–Crippen MR) is 306 cm³/mol. The van der Waals surface area contributed by atoms with Crippen molar-refractivity contribution in [3.05, 3.63) is 93.6 Å². The first kappa shape index (κ1) is 54.0. The van der Waals surface area contributed by atoms with E-state index in [-0.39, 0.29) is 0 Å². The summed E-state index contributed by atoms with van der Waals surface area (Å²) in [7, 11) is 7.06. The van der Waals surface area contributed by atoms with E-state index in [1.54, 1.807) is 28.4 Å². The second-order valence-electron chi connectivity index (χ2n) is 20.3. The summed E-state index contributed by atoms with van der Waals surface area (Å²) in [4.78, 5) is 20.0. The number of hydrogen-bond donors (Lipinski definition) is 2. The molecule has 5 heterocycles. The van der Waals surface area contributed by atoms with Gasteiger partial charge in [0.25, 0.3) is 0 Å². The minimum absolute atomic E-state index is 0.751. The summed E-state index contributed by atoms with van der Waals surface area (Å²) in [5.74, 6) is 3.01. The quantitative estimate of drug-likeness (QED) is 0.0536. The zero-order chi connectivity index (χ0) is 51.3. The van der Waals surface area contributed by atoms with Gasteiger partial charge in [0, 0.05) is 22.2 Å². The lowest BCUT2D eigenvalue weighted by atomic mass is 9.92. The van der Waals surface area contributed by atoms with Crippen molar-refractivity contribution in [2.75, 3.05) is 28.4 Å². The molecule has 5 aromatic rings. The number of nitrogens with zero attached hydrogens (tertiary/aromatic N) is 2. The van der Waals surface area contributed by atoms with E-state index in [0.717, 1.165) is 141 Å². The van der Waals surface area contributed by atoms with Crippen LogP contribution in [0.4, 0.5) is 0 Å². The number of hydrogen-bond acceptors (Lipinski definition) is 6. The average Bonchev–Trinajstić information content (AvgIpc) is 4.07. The van der Waals surface area contributed by atoms with Crippen molar-refractivity contribution in [1.82, 2.24) is 19.9 Å². The number of nitrogens with one attached hydrogen (secondary N) is 2. The van der Waals surface area contributed by atoms with E-state index >= 15 is 0 Å². The van der Waals surface area contributed by atoms with E-state index in [4.69, 9.17) is 28.9 Å². The highest BCUT2D eigenvalue weighted by Gasteiger charge is 2.30. The molecular formula is C64H86N4O4. The first-order valence-corrected chi connectivity index (χ1v) is 27.7. The number of allylic oxidation sites excluding steroid dienone is 4. The summed E-state index contributed by atoms with van der Waals surface area (Å²) in [6.07, 6.45) is 22.4. The van der Waals surface area contributed by atoms with Crippen molar-refractivity contribution in [3.8, 4) is 45.3 Å². The van der Waals surface area contributed by atoms with Gasteiger partial charge in [-0.2, -0.15) is 0 Å². The van der Waals surface area contributed by atoms with Crippen molar-refractivity contribution >= 4 is 44.4 Å². The minimum atomic E-state index is 0.751. The summed E-state index contributed by atoms with van der Waals surface area (Å²) < 4.78 is 25.2. The zero-order valence-corrected chi connectivity index (χ0v) is 46.3. The number of benzene rings is 2. The Balaban J connectivity index is 1.77. The Morgan fingerprint density at radius 3 is 1.03 bits per heavy atom. The highest BCUT2D eigenvalue weighted by Crippen LogP contribution is 2.50. The van der Waals surface area contributed by atoms with Crippen LogP contribution in [0.5, 0.6) is 23.0 Å². The molecular weight excluding hydrogens is 889 g/mol. The van der Waals surface area contributed by atoms with E-state index in [1.807, 2.05) is 12.1 Å². The topological polar surface area (TPSA) is 94.3 Å². The first-order valence-electron chi connectivity index (χ1n) is 27.7. The molecule has 0 atom stereocenters. The van der Waals surface area contributed by atoms with E-state index < -0.39 is 0 Å². The zero-order valence-electron chi connectivity index (χ0n) is 46.3. The number of unbranched alkanes of at least 4 members (excludes halogenated alkanes) is 12. The Labute approximate surface area is 432 Å². The van der Waals surface area contributed by atoms with Gasteiger partial charge in [-0.05, 0) is 160 Å². The van der Waals surface area contributed by atoms with Crippen LogP contribution in [0.25, 0.3) is 66.6 Å². The molecule has 0 saturated heterocycles. The Morgan fingerprint density at radius 1 is 0.403 bits per heavy atom. The first-order chi connectivity index (χ1) is 35.1. The van der Waals surface area contributed by atoms with Gasteiger partial charge in [-0.3, -0.25) is 0 Å². The summed E-state index contributed by atoms with van der Waals surface area (Å²) in [6, 6.07) is 17.0. The van der Waals surface area contributed by atoms with E-state index in [1.165, 1.54) is 122 Å². The molecule has 2 aromatic carbocycles. The molecule has 386 valence electrons. The van der Waals surface area contributed by atoms with Gasteiger partial charge in [0.15, 0.2) is 0 Å². The lowest BCUT2D eigenvalue weighted by Gasteiger charge is -2.16. The molecule has 0 aliphatic carbocycles. The number of methoxy groups -OCH3 is 4. The normalized spacial score (nSPS) is 12.6. The van der Waals surface area contributed by atoms with Gasteiger partial charge in [-0.1, -0.05) is 117 Å². The number of aromatic amines is 2. The Bertz CT molecular complexity index is 2670. The van der Waals surface area contributed by atoms with Gasteiger partial charge in [-0.25, -0.2) is 9.97 Å². The molecule has 8 bridgehead atoms. The fourth-order valence-electron chi connectivity index (χ4n) is 11.4. The van der Waals surface area contributed by atoms with Crippen LogP contribution in [0, 0.1) is 13.8 Å². The van der Waals surface area contributed by atoms with Gasteiger partial charge in [0.2, 0.25) is 0 Å². The molecule has 7 rings (SSSR count). The third-order valence-electron chi connectivity index (χ3n) is 15.5. The van der Waals surface area contributed by atoms with Gasteiger partial charge in [0.05, 0.1) is 73.4 Å². The SMILES string of the molecule is CCCCCCC1=C(C)c2nc1cc1[nH]c(c(C)c1CCCCCC)c(-c1c(OC)cccc1OC)c1nc(cc3[nH]c(c(C)c3CCCCCC)c2-c2c(OC)cccc2OC)C(CCCCCC)=C1C. The van der Waals surface area contributed by atoms with Crippen LogP contribution < -0.4 is 18.9 Å². The number of rotatable bonds is 26. The smallest absolute Gasteiger partial charge is 0.130 e. The van der Waals surface area contributed by atoms with Gasteiger partial charge < -0.3 is 28.9 Å². The molecule has 0 radical (unpaired) electrons. The molecule has 0 spiro atoms. The lowest BCUT2D eigenvalue weighted by Crippen LogP contribution is -1.97. The van der Waals surface area contributed by atoms with Crippen molar-refractivity contribution in [2.24, 2.45) is 0 Å².